The molecule has 4 nitrogen and oxygen atoms in total. The number of hydrogen-bond acceptors (Lipinski definition) is 3. The Morgan fingerprint density at radius 2 is 1.62 bits per heavy atom. The van der Waals surface area contributed by atoms with Crippen molar-refractivity contribution in [1.82, 2.24) is 0 Å². The SMILES string of the molecule is CC(C=O)C(C(C)(C)C=O)C(C)(C)C(=O)O. The third-order valence-corrected chi connectivity index (χ3v) is 3.17. The van der Waals surface area contributed by atoms with E-state index in [-0.39, 0.29) is 0 Å². The lowest BCUT2D eigenvalue weighted by Gasteiger charge is -2.41. The molecular formula is C12H20O4. The molecule has 0 aliphatic carbocycles. The van der Waals surface area contributed by atoms with Crippen LogP contribution < -0.4 is 0 Å². The summed E-state index contributed by atoms with van der Waals surface area (Å²) in [6.45, 7) is 8.06. The van der Waals surface area contributed by atoms with Gasteiger partial charge < -0.3 is 14.7 Å². The molecule has 0 aromatic rings. The summed E-state index contributed by atoms with van der Waals surface area (Å²) < 4.78 is 0. The first-order valence-corrected chi connectivity index (χ1v) is 5.26. The van der Waals surface area contributed by atoms with Crippen LogP contribution in [0.5, 0.6) is 0 Å². The summed E-state index contributed by atoms with van der Waals surface area (Å²) in [6.07, 6.45) is 1.43. The molecule has 0 saturated carbocycles. The van der Waals surface area contributed by atoms with Crippen molar-refractivity contribution in [2.24, 2.45) is 22.7 Å². The zero-order chi connectivity index (χ0) is 13.1. The fourth-order valence-corrected chi connectivity index (χ4v) is 2.55. The zero-order valence-electron chi connectivity index (χ0n) is 10.5. The second-order valence-electron chi connectivity index (χ2n) is 5.44. The van der Waals surface area contributed by atoms with Crippen LogP contribution in [0.25, 0.3) is 0 Å². The Kier molecular flexibility index (Phi) is 4.41. The molecule has 16 heavy (non-hydrogen) atoms. The Bertz CT molecular complexity index is 291. The first-order valence-electron chi connectivity index (χ1n) is 5.26. The second-order valence-corrected chi connectivity index (χ2v) is 5.44. The summed E-state index contributed by atoms with van der Waals surface area (Å²) in [4.78, 5) is 33.1. The number of carbonyl (C=O) groups excluding carboxylic acids is 2. The molecule has 4 heteroatoms. The van der Waals surface area contributed by atoms with Crippen LogP contribution >= 0.6 is 0 Å². The fraction of sp³-hybridized carbons (Fsp3) is 0.750. The highest BCUT2D eigenvalue weighted by Crippen LogP contribution is 2.43. The van der Waals surface area contributed by atoms with Gasteiger partial charge in [-0.2, -0.15) is 0 Å². The molecule has 92 valence electrons. The number of aldehydes is 2. The number of hydrogen-bond donors (Lipinski definition) is 1. The maximum Gasteiger partial charge on any atom is 0.309 e. The van der Waals surface area contributed by atoms with Gasteiger partial charge in [-0.1, -0.05) is 20.8 Å². The summed E-state index contributed by atoms with van der Waals surface area (Å²) in [5, 5.41) is 9.18. The topological polar surface area (TPSA) is 71.4 Å². The lowest BCUT2D eigenvalue weighted by Crippen LogP contribution is -2.46. The molecule has 0 amide bonds. The van der Waals surface area contributed by atoms with E-state index < -0.39 is 28.6 Å². The predicted octanol–water partition coefficient (Wildman–Crippen LogP) is 1.77. The zero-order valence-corrected chi connectivity index (χ0v) is 10.5. The van der Waals surface area contributed by atoms with E-state index in [9.17, 15) is 19.5 Å². The number of carbonyl (C=O) groups is 3. The van der Waals surface area contributed by atoms with Gasteiger partial charge in [0.25, 0.3) is 0 Å². The van der Waals surface area contributed by atoms with Gasteiger partial charge in [-0.3, -0.25) is 4.79 Å². The standard InChI is InChI=1S/C12H20O4/c1-8(6-13)9(11(2,3)7-14)12(4,5)10(15)16/h6-9H,1-5H3,(H,15,16). The monoisotopic (exact) mass is 228 g/mol. The van der Waals surface area contributed by atoms with Crippen LogP contribution in [0.4, 0.5) is 0 Å². The van der Waals surface area contributed by atoms with Crippen molar-refractivity contribution in [3.05, 3.63) is 0 Å². The highest BCUT2D eigenvalue weighted by atomic mass is 16.4. The minimum atomic E-state index is -1.12. The van der Waals surface area contributed by atoms with Gasteiger partial charge in [0.2, 0.25) is 0 Å². The summed E-state index contributed by atoms with van der Waals surface area (Å²) in [5.41, 5.74) is -1.97. The van der Waals surface area contributed by atoms with E-state index in [0.29, 0.717) is 6.29 Å². The molecule has 1 N–H and O–H groups in total. The van der Waals surface area contributed by atoms with Crippen molar-refractivity contribution < 1.29 is 19.5 Å². The van der Waals surface area contributed by atoms with Gasteiger partial charge >= 0.3 is 5.97 Å². The fourth-order valence-electron chi connectivity index (χ4n) is 2.55. The van der Waals surface area contributed by atoms with Crippen molar-refractivity contribution >= 4 is 18.5 Å². The van der Waals surface area contributed by atoms with Crippen LogP contribution in [-0.2, 0) is 14.4 Å². The molecule has 0 radical (unpaired) electrons. The van der Waals surface area contributed by atoms with Crippen molar-refractivity contribution in [1.29, 1.82) is 0 Å². The van der Waals surface area contributed by atoms with E-state index in [2.05, 4.69) is 0 Å². The van der Waals surface area contributed by atoms with E-state index in [1.54, 1.807) is 34.6 Å². The minimum Gasteiger partial charge on any atom is -0.481 e. The maximum absolute atomic E-state index is 11.2. The van der Waals surface area contributed by atoms with Crippen LogP contribution in [0.1, 0.15) is 34.6 Å². The van der Waals surface area contributed by atoms with E-state index in [4.69, 9.17) is 0 Å². The van der Waals surface area contributed by atoms with Gasteiger partial charge in [0.05, 0.1) is 5.41 Å². The van der Waals surface area contributed by atoms with E-state index in [1.165, 1.54) is 0 Å². The largest absolute Gasteiger partial charge is 0.481 e. The van der Waals surface area contributed by atoms with Gasteiger partial charge in [0.15, 0.2) is 0 Å². The van der Waals surface area contributed by atoms with E-state index >= 15 is 0 Å². The molecule has 0 aliphatic rings. The normalized spacial score (nSPS) is 16.3. The molecule has 0 heterocycles. The van der Waals surface area contributed by atoms with Crippen molar-refractivity contribution in [3.63, 3.8) is 0 Å². The van der Waals surface area contributed by atoms with Gasteiger partial charge in [-0.05, 0) is 19.8 Å². The number of carboxylic acids is 1. The van der Waals surface area contributed by atoms with Crippen LogP contribution in [0.2, 0.25) is 0 Å². The second kappa shape index (κ2) is 4.76. The minimum absolute atomic E-state index is 0.480. The van der Waals surface area contributed by atoms with Crippen LogP contribution in [-0.4, -0.2) is 23.6 Å². The summed E-state index contributed by atoms with van der Waals surface area (Å²) in [7, 11) is 0. The first kappa shape index (κ1) is 14.8. The van der Waals surface area contributed by atoms with Crippen LogP contribution in [0, 0.1) is 22.7 Å². The van der Waals surface area contributed by atoms with Crippen molar-refractivity contribution in [2.45, 2.75) is 34.6 Å². The highest BCUT2D eigenvalue weighted by molar-refractivity contribution is 5.76. The summed E-state index contributed by atoms with van der Waals surface area (Å²) in [6, 6.07) is 0. The molecule has 0 spiro atoms. The molecule has 0 rings (SSSR count). The maximum atomic E-state index is 11.2. The Morgan fingerprint density at radius 3 is 1.88 bits per heavy atom. The molecular weight excluding hydrogens is 208 g/mol. The number of rotatable bonds is 6. The molecule has 2 atom stereocenters. The third-order valence-electron chi connectivity index (χ3n) is 3.17. The predicted molar refractivity (Wildman–Crippen MR) is 60.0 cm³/mol. The molecule has 0 bridgehead atoms. The smallest absolute Gasteiger partial charge is 0.309 e. The third kappa shape index (κ3) is 2.68. The lowest BCUT2D eigenvalue weighted by atomic mass is 9.61. The molecule has 0 aromatic heterocycles. The van der Waals surface area contributed by atoms with Gasteiger partial charge in [0, 0.05) is 11.3 Å². The van der Waals surface area contributed by atoms with Crippen molar-refractivity contribution in [3.8, 4) is 0 Å². The molecule has 0 fully saturated rings. The number of aliphatic carboxylic acids is 1. The molecule has 2 unspecified atom stereocenters. The first-order chi connectivity index (χ1) is 7.11. The van der Waals surface area contributed by atoms with Gasteiger partial charge in [0.1, 0.15) is 12.6 Å². The van der Waals surface area contributed by atoms with Gasteiger partial charge in [-0.15, -0.1) is 0 Å². The Hall–Kier alpha value is -1.19. The highest BCUT2D eigenvalue weighted by Gasteiger charge is 2.48. The quantitative estimate of drug-likeness (QED) is 0.703. The molecule has 0 aromatic carbocycles. The van der Waals surface area contributed by atoms with Crippen LogP contribution in [0.3, 0.4) is 0 Å². The average molecular weight is 228 g/mol. The average Bonchev–Trinajstić information content (AvgIpc) is 2.16. The van der Waals surface area contributed by atoms with E-state index in [0.717, 1.165) is 6.29 Å². The molecule has 0 saturated heterocycles. The molecule has 0 aliphatic heterocycles. The Labute approximate surface area is 96.0 Å². The van der Waals surface area contributed by atoms with Crippen molar-refractivity contribution in [2.75, 3.05) is 0 Å². The van der Waals surface area contributed by atoms with Crippen LogP contribution in [0.15, 0.2) is 0 Å². The summed E-state index contributed by atoms with van der Waals surface area (Å²) >= 11 is 0. The van der Waals surface area contributed by atoms with Gasteiger partial charge in [-0.25, -0.2) is 0 Å². The Morgan fingerprint density at radius 1 is 1.19 bits per heavy atom. The summed E-state index contributed by atoms with van der Waals surface area (Å²) in [5.74, 6) is -2.01. The van der Waals surface area contributed by atoms with E-state index in [1.807, 2.05) is 0 Å². The number of carboxylic acid groups (broad SMARTS) is 1. The Balaban J connectivity index is 5.51. The lowest BCUT2D eigenvalue weighted by molar-refractivity contribution is -0.156.